The number of aliphatic hydroxyl groups excluding tert-OH is 2. The minimum absolute atomic E-state index is 0.00954. The van der Waals surface area contributed by atoms with Gasteiger partial charge in [-0.2, -0.15) is 0 Å². The molecule has 0 amide bonds. The highest BCUT2D eigenvalue weighted by atomic mass is 16.5. The van der Waals surface area contributed by atoms with Crippen molar-refractivity contribution in [3.05, 3.63) is 0 Å². The highest BCUT2D eigenvalue weighted by Gasteiger charge is 2.75. The number of fused-ring (bicyclic) bond motifs is 5. The standard InChI is InChI=1S/C30H52O5/c1-24(2)19-9-13-27(6)20(26(19,5)12-10-21(24)32)17-18(31)23-28(27,7)15-16-30(23,34)29(8)14-11-22(35-29)25(3,4)33/h18-23,31-34H,9-17H2,1-8H3/t18-,19-,20-,21-,22+,23+,26+,27-,28-,29-,30-/m1/s1. The minimum atomic E-state index is -1.12. The molecule has 0 bridgehead atoms. The molecule has 4 aliphatic carbocycles. The van der Waals surface area contributed by atoms with E-state index in [9.17, 15) is 20.4 Å². The van der Waals surface area contributed by atoms with Crippen molar-refractivity contribution in [1.29, 1.82) is 0 Å². The van der Waals surface area contributed by atoms with Crippen LogP contribution in [-0.2, 0) is 4.74 Å². The van der Waals surface area contributed by atoms with Crippen LogP contribution >= 0.6 is 0 Å². The summed E-state index contributed by atoms with van der Waals surface area (Å²) in [6.45, 7) is 17.3. The molecule has 0 aromatic carbocycles. The molecule has 1 aliphatic heterocycles. The van der Waals surface area contributed by atoms with Gasteiger partial charge < -0.3 is 25.2 Å². The van der Waals surface area contributed by atoms with Crippen LogP contribution in [0.2, 0.25) is 0 Å². The van der Waals surface area contributed by atoms with Crippen molar-refractivity contribution in [2.45, 2.75) is 148 Å². The van der Waals surface area contributed by atoms with Gasteiger partial charge in [0.05, 0.1) is 35.1 Å². The first-order valence-electron chi connectivity index (χ1n) is 14.4. The van der Waals surface area contributed by atoms with E-state index in [0.717, 1.165) is 38.5 Å². The number of ether oxygens (including phenoxy) is 1. The maximum atomic E-state index is 12.5. The molecular formula is C30H52O5. The van der Waals surface area contributed by atoms with E-state index in [1.54, 1.807) is 13.8 Å². The summed E-state index contributed by atoms with van der Waals surface area (Å²) < 4.78 is 6.52. The van der Waals surface area contributed by atoms with Gasteiger partial charge in [-0.15, -0.1) is 0 Å². The lowest BCUT2D eigenvalue weighted by Gasteiger charge is -2.71. The summed E-state index contributed by atoms with van der Waals surface area (Å²) in [5.41, 5.74) is -3.08. The van der Waals surface area contributed by atoms with Crippen molar-refractivity contribution >= 4 is 0 Å². The summed E-state index contributed by atoms with van der Waals surface area (Å²) in [7, 11) is 0. The Hall–Kier alpha value is -0.200. The number of rotatable bonds is 2. The Labute approximate surface area is 213 Å². The number of hydrogen-bond acceptors (Lipinski definition) is 5. The van der Waals surface area contributed by atoms with Crippen LogP contribution in [0.25, 0.3) is 0 Å². The summed E-state index contributed by atoms with van der Waals surface area (Å²) in [5, 5.41) is 45.9. The van der Waals surface area contributed by atoms with Gasteiger partial charge in [0, 0.05) is 5.92 Å². The Morgan fingerprint density at radius 3 is 2.03 bits per heavy atom. The van der Waals surface area contributed by atoms with Crippen LogP contribution in [0, 0.1) is 39.4 Å². The van der Waals surface area contributed by atoms with Gasteiger partial charge in [0.25, 0.3) is 0 Å². The summed E-state index contributed by atoms with van der Waals surface area (Å²) in [6, 6.07) is 0. The van der Waals surface area contributed by atoms with E-state index >= 15 is 0 Å². The van der Waals surface area contributed by atoms with Crippen LogP contribution in [0.15, 0.2) is 0 Å². The van der Waals surface area contributed by atoms with Crippen LogP contribution < -0.4 is 0 Å². The third-order valence-corrected chi connectivity index (χ3v) is 13.4. The Bertz CT molecular complexity index is 865. The van der Waals surface area contributed by atoms with Crippen molar-refractivity contribution in [3.8, 4) is 0 Å². The van der Waals surface area contributed by atoms with Crippen LogP contribution in [0.4, 0.5) is 0 Å². The highest BCUT2D eigenvalue weighted by molar-refractivity contribution is 5.25. The summed E-state index contributed by atoms with van der Waals surface area (Å²) in [4.78, 5) is 0. The fraction of sp³-hybridized carbons (Fsp3) is 1.00. The van der Waals surface area contributed by atoms with Crippen LogP contribution in [0.5, 0.6) is 0 Å². The molecular weight excluding hydrogens is 440 g/mol. The molecule has 35 heavy (non-hydrogen) atoms. The molecule has 0 spiro atoms. The summed E-state index contributed by atoms with van der Waals surface area (Å²) in [6.07, 6.45) is 6.50. The van der Waals surface area contributed by atoms with Crippen molar-refractivity contribution in [1.82, 2.24) is 0 Å². The Morgan fingerprint density at radius 2 is 1.43 bits per heavy atom. The average Bonchev–Trinajstić information content (AvgIpc) is 3.29. The molecule has 0 aromatic heterocycles. The first-order chi connectivity index (χ1) is 15.9. The first kappa shape index (κ1) is 26.4. The van der Waals surface area contributed by atoms with E-state index < -0.39 is 22.9 Å². The van der Waals surface area contributed by atoms with Gasteiger partial charge in [-0.25, -0.2) is 0 Å². The number of aliphatic hydroxyl groups is 4. The Morgan fingerprint density at radius 1 is 0.771 bits per heavy atom. The van der Waals surface area contributed by atoms with Crippen LogP contribution in [-0.4, -0.2) is 55.5 Å². The van der Waals surface area contributed by atoms with Gasteiger partial charge >= 0.3 is 0 Å². The lowest BCUT2D eigenvalue weighted by Crippen LogP contribution is -2.69. The second-order valence-electron chi connectivity index (χ2n) is 15.6. The van der Waals surface area contributed by atoms with E-state index in [0.29, 0.717) is 31.1 Å². The predicted octanol–water partition coefficient (Wildman–Crippen LogP) is 4.83. The monoisotopic (exact) mass is 492 g/mol. The van der Waals surface area contributed by atoms with Gasteiger partial charge in [0.1, 0.15) is 0 Å². The van der Waals surface area contributed by atoms with Crippen molar-refractivity contribution in [2.75, 3.05) is 0 Å². The summed E-state index contributed by atoms with van der Waals surface area (Å²) in [5.74, 6) is 0.553. The smallest absolute Gasteiger partial charge is 0.0991 e. The Balaban J connectivity index is 1.52. The zero-order valence-electron chi connectivity index (χ0n) is 23.5. The zero-order valence-corrected chi connectivity index (χ0v) is 23.5. The molecule has 202 valence electrons. The molecule has 1 heterocycles. The second kappa shape index (κ2) is 7.46. The lowest BCUT2D eigenvalue weighted by molar-refractivity contribution is -0.277. The zero-order chi connectivity index (χ0) is 26.0. The van der Waals surface area contributed by atoms with Crippen molar-refractivity contribution in [3.63, 3.8) is 0 Å². The van der Waals surface area contributed by atoms with E-state index in [4.69, 9.17) is 4.74 Å². The third kappa shape index (κ3) is 3.17. The largest absolute Gasteiger partial charge is 0.393 e. The second-order valence-corrected chi connectivity index (χ2v) is 15.6. The molecule has 5 aliphatic rings. The molecule has 11 atom stereocenters. The van der Waals surface area contributed by atoms with E-state index in [1.807, 2.05) is 6.92 Å². The van der Waals surface area contributed by atoms with Gasteiger partial charge in [-0.1, -0.05) is 34.6 Å². The van der Waals surface area contributed by atoms with E-state index in [2.05, 4.69) is 34.6 Å². The SMILES string of the molecule is CC(C)(O)[C@@H]1CC[C@](C)([C@@]2(O)CC[C@]3(C)[C@@H]2[C@H](O)C[C@@H]2[C@@]4(C)CC[C@@H](O)C(C)(C)[C@H]4CC[C@]23C)O1. The van der Waals surface area contributed by atoms with E-state index in [-0.39, 0.29) is 39.8 Å². The molecule has 0 aromatic rings. The molecule has 5 heteroatoms. The molecule has 5 nitrogen and oxygen atoms in total. The van der Waals surface area contributed by atoms with Crippen molar-refractivity contribution < 1.29 is 25.2 Å². The van der Waals surface area contributed by atoms with Crippen LogP contribution in [0.1, 0.15) is 113 Å². The molecule has 0 radical (unpaired) electrons. The molecule has 5 fully saturated rings. The molecule has 5 rings (SSSR count). The Kier molecular flexibility index (Phi) is 5.63. The van der Waals surface area contributed by atoms with Crippen LogP contribution in [0.3, 0.4) is 0 Å². The van der Waals surface area contributed by atoms with Gasteiger partial charge in [0.2, 0.25) is 0 Å². The fourth-order valence-electron chi connectivity index (χ4n) is 11.1. The topological polar surface area (TPSA) is 90.2 Å². The van der Waals surface area contributed by atoms with Gasteiger partial charge in [-0.05, 0) is 112 Å². The van der Waals surface area contributed by atoms with Crippen molar-refractivity contribution in [2.24, 2.45) is 39.4 Å². The first-order valence-corrected chi connectivity index (χ1v) is 14.4. The quantitative estimate of drug-likeness (QED) is 0.443. The maximum Gasteiger partial charge on any atom is 0.0991 e. The minimum Gasteiger partial charge on any atom is -0.393 e. The number of hydrogen-bond donors (Lipinski definition) is 4. The fourth-order valence-corrected chi connectivity index (χ4v) is 11.1. The molecule has 0 unspecified atom stereocenters. The molecule has 4 N–H and O–H groups in total. The van der Waals surface area contributed by atoms with Gasteiger partial charge in [0.15, 0.2) is 0 Å². The average molecular weight is 493 g/mol. The molecule has 1 saturated heterocycles. The normalized spacial score (nSPS) is 57.9. The molecule has 4 saturated carbocycles. The lowest BCUT2D eigenvalue weighted by atomic mass is 9.35. The highest BCUT2D eigenvalue weighted by Crippen LogP contribution is 2.76. The van der Waals surface area contributed by atoms with Gasteiger partial charge in [-0.3, -0.25) is 0 Å². The third-order valence-electron chi connectivity index (χ3n) is 13.4. The summed E-state index contributed by atoms with van der Waals surface area (Å²) >= 11 is 0. The maximum absolute atomic E-state index is 12.5. The predicted molar refractivity (Wildman–Crippen MR) is 137 cm³/mol. The van der Waals surface area contributed by atoms with E-state index in [1.165, 1.54) is 0 Å².